The molecule has 0 atom stereocenters. The van der Waals surface area contributed by atoms with Crippen LogP contribution in [0.3, 0.4) is 0 Å². The van der Waals surface area contributed by atoms with Crippen LogP contribution in [-0.2, 0) is 13.0 Å². The van der Waals surface area contributed by atoms with Crippen LogP contribution in [0.2, 0.25) is 0 Å². The zero-order chi connectivity index (χ0) is 9.80. The number of nitrogens with one attached hydrogen (secondary N) is 1. The summed E-state index contributed by atoms with van der Waals surface area (Å²) in [5.41, 5.74) is 2.72. The molecule has 0 spiro atoms. The Labute approximate surface area is 85.3 Å². The van der Waals surface area contributed by atoms with Crippen molar-refractivity contribution in [3.63, 3.8) is 0 Å². The Balaban J connectivity index is 2.12. The minimum Gasteiger partial charge on any atom is -0.493 e. The molecule has 0 unspecified atom stereocenters. The van der Waals surface area contributed by atoms with Gasteiger partial charge in [0.05, 0.1) is 6.61 Å². The molecule has 0 radical (unpaired) electrons. The Morgan fingerprint density at radius 1 is 1.43 bits per heavy atom. The summed E-state index contributed by atoms with van der Waals surface area (Å²) >= 11 is 0. The van der Waals surface area contributed by atoms with Gasteiger partial charge < -0.3 is 10.1 Å². The number of benzene rings is 1. The Bertz CT molecular complexity index is 309. The third-order valence-corrected chi connectivity index (χ3v) is 2.55. The average Bonchev–Trinajstić information content (AvgIpc) is 2.26. The molecule has 1 heterocycles. The first kappa shape index (κ1) is 9.53. The number of hydrogen-bond acceptors (Lipinski definition) is 2. The van der Waals surface area contributed by atoms with E-state index in [1.807, 2.05) is 0 Å². The van der Waals surface area contributed by atoms with Crippen molar-refractivity contribution < 1.29 is 4.74 Å². The molecule has 2 heteroatoms. The lowest BCUT2D eigenvalue weighted by molar-refractivity contribution is 0.288. The molecule has 14 heavy (non-hydrogen) atoms. The van der Waals surface area contributed by atoms with E-state index < -0.39 is 0 Å². The number of hydrogen-bond donors (Lipinski definition) is 1. The van der Waals surface area contributed by atoms with Gasteiger partial charge in [0.25, 0.3) is 0 Å². The Morgan fingerprint density at radius 3 is 3.21 bits per heavy atom. The van der Waals surface area contributed by atoms with Crippen LogP contribution < -0.4 is 10.1 Å². The molecular weight excluding hydrogens is 174 g/mol. The standard InChI is InChI=1S/C12H17NO/c1-2-13-9-10-5-6-12-11(8-10)4-3-7-14-12/h5-6,8,13H,2-4,7,9H2,1H3. The molecule has 0 fully saturated rings. The fourth-order valence-corrected chi connectivity index (χ4v) is 1.79. The van der Waals surface area contributed by atoms with Crippen molar-refractivity contribution in [3.8, 4) is 5.75 Å². The first-order chi connectivity index (χ1) is 6.90. The van der Waals surface area contributed by atoms with Crippen LogP contribution in [0.15, 0.2) is 18.2 Å². The van der Waals surface area contributed by atoms with Gasteiger partial charge in [0.15, 0.2) is 0 Å². The fraction of sp³-hybridized carbons (Fsp3) is 0.500. The summed E-state index contributed by atoms with van der Waals surface area (Å²) in [4.78, 5) is 0. The molecule has 0 aliphatic carbocycles. The summed E-state index contributed by atoms with van der Waals surface area (Å²) < 4.78 is 5.56. The molecule has 1 aliphatic rings. The molecule has 2 nitrogen and oxygen atoms in total. The molecule has 1 aromatic carbocycles. The Hall–Kier alpha value is -1.02. The van der Waals surface area contributed by atoms with E-state index in [4.69, 9.17) is 4.74 Å². The molecule has 1 aromatic rings. The monoisotopic (exact) mass is 191 g/mol. The smallest absolute Gasteiger partial charge is 0.122 e. The van der Waals surface area contributed by atoms with E-state index in [1.165, 1.54) is 11.1 Å². The van der Waals surface area contributed by atoms with Crippen LogP contribution in [0.1, 0.15) is 24.5 Å². The molecule has 0 saturated carbocycles. The molecule has 1 aliphatic heterocycles. The highest BCUT2D eigenvalue weighted by molar-refractivity contribution is 5.38. The summed E-state index contributed by atoms with van der Waals surface area (Å²) in [6.07, 6.45) is 2.31. The van der Waals surface area contributed by atoms with Crippen molar-refractivity contribution in [2.75, 3.05) is 13.2 Å². The van der Waals surface area contributed by atoms with Crippen LogP contribution >= 0.6 is 0 Å². The largest absolute Gasteiger partial charge is 0.493 e. The van der Waals surface area contributed by atoms with Gasteiger partial charge in [-0.15, -0.1) is 0 Å². The van der Waals surface area contributed by atoms with Gasteiger partial charge >= 0.3 is 0 Å². The van der Waals surface area contributed by atoms with Crippen molar-refractivity contribution in [1.29, 1.82) is 0 Å². The van der Waals surface area contributed by atoms with E-state index >= 15 is 0 Å². The lowest BCUT2D eigenvalue weighted by atomic mass is 10.0. The number of fused-ring (bicyclic) bond motifs is 1. The highest BCUT2D eigenvalue weighted by Gasteiger charge is 2.09. The molecule has 0 aromatic heterocycles. The lowest BCUT2D eigenvalue weighted by Gasteiger charge is -2.17. The molecule has 0 saturated heterocycles. The van der Waals surface area contributed by atoms with Crippen molar-refractivity contribution >= 4 is 0 Å². The van der Waals surface area contributed by atoms with Crippen LogP contribution in [0.25, 0.3) is 0 Å². The fourth-order valence-electron chi connectivity index (χ4n) is 1.79. The Morgan fingerprint density at radius 2 is 2.36 bits per heavy atom. The molecule has 0 amide bonds. The Kier molecular flexibility index (Phi) is 3.04. The highest BCUT2D eigenvalue weighted by Crippen LogP contribution is 2.25. The normalized spacial score (nSPS) is 14.6. The summed E-state index contributed by atoms with van der Waals surface area (Å²) in [6.45, 7) is 4.98. The highest BCUT2D eigenvalue weighted by atomic mass is 16.5. The molecule has 1 N–H and O–H groups in total. The summed E-state index contributed by atoms with van der Waals surface area (Å²) in [5, 5.41) is 3.33. The number of aryl methyl sites for hydroxylation is 1. The predicted octanol–water partition coefficient (Wildman–Crippen LogP) is 2.12. The van der Waals surface area contributed by atoms with Gasteiger partial charge in [-0.1, -0.05) is 19.1 Å². The topological polar surface area (TPSA) is 21.3 Å². The minimum absolute atomic E-state index is 0.875. The molecule has 76 valence electrons. The molecule has 2 rings (SSSR count). The second-order valence-electron chi connectivity index (χ2n) is 3.67. The van der Waals surface area contributed by atoms with Crippen molar-refractivity contribution in [1.82, 2.24) is 5.32 Å². The number of rotatable bonds is 3. The van der Waals surface area contributed by atoms with Crippen molar-refractivity contribution in [3.05, 3.63) is 29.3 Å². The van der Waals surface area contributed by atoms with E-state index in [9.17, 15) is 0 Å². The van der Waals surface area contributed by atoms with E-state index in [2.05, 4.69) is 30.4 Å². The van der Waals surface area contributed by atoms with Crippen molar-refractivity contribution in [2.45, 2.75) is 26.3 Å². The first-order valence-electron chi connectivity index (χ1n) is 5.35. The minimum atomic E-state index is 0.875. The van der Waals surface area contributed by atoms with E-state index in [-0.39, 0.29) is 0 Å². The van der Waals surface area contributed by atoms with Gasteiger partial charge in [-0.25, -0.2) is 0 Å². The van der Waals surface area contributed by atoms with Gasteiger partial charge in [0.1, 0.15) is 5.75 Å². The van der Waals surface area contributed by atoms with E-state index in [0.717, 1.165) is 38.3 Å². The van der Waals surface area contributed by atoms with Gasteiger partial charge in [-0.2, -0.15) is 0 Å². The van der Waals surface area contributed by atoms with Gasteiger partial charge in [-0.05, 0) is 36.6 Å². The zero-order valence-electron chi connectivity index (χ0n) is 8.68. The zero-order valence-corrected chi connectivity index (χ0v) is 8.68. The summed E-state index contributed by atoms with van der Waals surface area (Å²) in [6, 6.07) is 6.51. The second-order valence-corrected chi connectivity index (χ2v) is 3.67. The third-order valence-electron chi connectivity index (χ3n) is 2.55. The van der Waals surface area contributed by atoms with Crippen LogP contribution in [0.4, 0.5) is 0 Å². The van der Waals surface area contributed by atoms with Crippen LogP contribution in [0.5, 0.6) is 5.75 Å². The quantitative estimate of drug-likeness (QED) is 0.790. The number of ether oxygens (including phenoxy) is 1. The van der Waals surface area contributed by atoms with Gasteiger partial charge in [0.2, 0.25) is 0 Å². The van der Waals surface area contributed by atoms with E-state index in [1.54, 1.807) is 0 Å². The molecular formula is C12H17NO. The lowest BCUT2D eigenvalue weighted by Crippen LogP contribution is -2.13. The maximum Gasteiger partial charge on any atom is 0.122 e. The maximum absolute atomic E-state index is 5.56. The average molecular weight is 191 g/mol. The predicted molar refractivity (Wildman–Crippen MR) is 57.6 cm³/mol. The van der Waals surface area contributed by atoms with Crippen molar-refractivity contribution in [2.24, 2.45) is 0 Å². The van der Waals surface area contributed by atoms with Gasteiger partial charge in [-0.3, -0.25) is 0 Å². The van der Waals surface area contributed by atoms with Crippen LogP contribution in [-0.4, -0.2) is 13.2 Å². The maximum atomic E-state index is 5.56. The summed E-state index contributed by atoms with van der Waals surface area (Å²) in [5.74, 6) is 1.08. The summed E-state index contributed by atoms with van der Waals surface area (Å²) in [7, 11) is 0. The molecule has 0 bridgehead atoms. The SMILES string of the molecule is CCNCc1ccc2c(c1)CCCO2. The van der Waals surface area contributed by atoms with Crippen LogP contribution in [0, 0.1) is 0 Å². The van der Waals surface area contributed by atoms with E-state index in [0.29, 0.717) is 0 Å². The third kappa shape index (κ3) is 2.07. The first-order valence-corrected chi connectivity index (χ1v) is 5.35. The van der Waals surface area contributed by atoms with Gasteiger partial charge in [0, 0.05) is 6.54 Å². The second kappa shape index (κ2) is 4.47.